The molecule has 4 rings (SSSR count). The van der Waals surface area contributed by atoms with E-state index in [9.17, 15) is 9.59 Å². The minimum absolute atomic E-state index is 0.0207. The van der Waals surface area contributed by atoms with E-state index in [2.05, 4.69) is 17.6 Å². The molecular weight excluding hydrogens is 348 g/mol. The molecule has 1 amide bonds. The number of carbonyl (C=O) groups excluding carboxylic acids is 1. The maximum atomic E-state index is 13.0. The summed E-state index contributed by atoms with van der Waals surface area (Å²) in [5.41, 5.74) is 0.795. The number of nitrogens with one attached hydrogen (secondary N) is 2. The molecule has 2 unspecified atom stereocenters. The predicted molar refractivity (Wildman–Crippen MR) is 104 cm³/mol. The first-order valence-electron chi connectivity index (χ1n) is 9.63. The van der Waals surface area contributed by atoms with Crippen molar-refractivity contribution in [2.45, 2.75) is 71.0 Å². The van der Waals surface area contributed by atoms with Crippen molar-refractivity contribution in [3.8, 4) is 0 Å². The number of carbonyl (C=O) groups is 1. The van der Waals surface area contributed by atoms with Crippen molar-refractivity contribution < 1.29 is 4.79 Å². The minimum Gasteiger partial charge on any atom is -0.347 e. The van der Waals surface area contributed by atoms with E-state index in [1.807, 2.05) is 11.5 Å². The van der Waals surface area contributed by atoms with Gasteiger partial charge in [-0.25, -0.2) is 4.98 Å². The molecule has 2 aromatic rings. The molecule has 2 aromatic heterocycles. The van der Waals surface area contributed by atoms with Gasteiger partial charge >= 0.3 is 0 Å². The van der Waals surface area contributed by atoms with E-state index in [1.165, 1.54) is 11.3 Å². The molecule has 2 N–H and O–H groups in total. The highest BCUT2D eigenvalue weighted by Crippen LogP contribution is 2.28. The summed E-state index contributed by atoms with van der Waals surface area (Å²) in [6.45, 7) is 5.72. The zero-order valence-corrected chi connectivity index (χ0v) is 16.2. The van der Waals surface area contributed by atoms with E-state index in [-0.39, 0.29) is 23.6 Å². The SMILES string of the molecule is Cc1c(C(=O)NC2CCCNC2C)sc2nc3n(c(=O)c12)CCCCC3. The van der Waals surface area contributed by atoms with Crippen LogP contribution in [0.3, 0.4) is 0 Å². The number of aromatic nitrogens is 2. The van der Waals surface area contributed by atoms with Gasteiger partial charge in [0.25, 0.3) is 11.5 Å². The number of aryl methyl sites for hydroxylation is 2. The molecule has 0 aliphatic carbocycles. The summed E-state index contributed by atoms with van der Waals surface area (Å²) in [4.78, 5) is 32.0. The highest BCUT2D eigenvalue weighted by atomic mass is 32.1. The molecule has 2 atom stereocenters. The van der Waals surface area contributed by atoms with Crippen molar-refractivity contribution in [1.29, 1.82) is 0 Å². The van der Waals surface area contributed by atoms with Gasteiger partial charge in [0.2, 0.25) is 0 Å². The van der Waals surface area contributed by atoms with E-state index < -0.39 is 0 Å². The van der Waals surface area contributed by atoms with Gasteiger partial charge in [-0.05, 0) is 51.6 Å². The molecule has 26 heavy (non-hydrogen) atoms. The van der Waals surface area contributed by atoms with Crippen molar-refractivity contribution in [1.82, 2.24) is 20.2 Å². The third-order valence-electron chi connectivity index (χ3n) is 5.70. The van der Waals surface area contributed by atoms with Crippen molar-refractivity contribution in [2.75, 3.05) is 6.54 Å². The Labute approximate surface area is 157 Å². The summed E-state index contributed by atoms with van der Waals surface area (Å²) in [5.74, 6) is 0.795. The fourth-order valence-corrected chi connectivity index (χ4v) is 5.20. The van der Waals surface area contributed by atoms with Crippen LogP contribution in [0, 0.1) is 6.92 Å². The maximum absolute atomic E-state index is 13.0. The minimum atomic E-state index is -0.0781. The van der Waals surface area contributed by atoms with Gasteiger partial charge in [-0.1, -0.05) is 6.42 Å². The summed E-state index contributed by atoms with van der Waals surface area (Å²) in [6, 6.07) is 0.397. The lowest BCUT2D eigenvalue weighted by Crippen LogP contribution is -2.51. The third-order valence-corrected chi connectivity index (χ3v) is 6.88. The lowest BCUT2D eigenvalue weighted by molar-refractivity contribution is 0.0923. The molecule has 0 radical (unpaired) electrons. The van der Waals surface area contributed by atoms with Gasteiger partial charge in [-0.2, -0.15) is 0 Å². The Hall–Kier alpha value is -1.73. The van der Waals surface area contributed by atoms with Crippen molar-refractivity contribution >= 4 is 27.5 Å². The van der Waals surface area contributed by atoms with E-state index in [0.29, 0.717) is 15.1 Å². The van der Waals surface area contributed by atoms with Crippen molar-refractivity contribution in [3.63, 3.8) is 0 Å². The van der Waals surface area contributed by atoms with Gasteiger partial charge in [0, 0.05) is 25.0 Å². The van der Waals surface area contributed by atoms with Crippen LogP contribution in [0.15, 0.2) is 4.79 Å². The van der Waals surface area contributed by atoms with Gasteiger partial charge in [0.1, 0.15) is 10.7 Å². The van der Waals surface area contributed by atoms with Crippen LogP contribution in [0.4, 0.5) is 0 Å². The second kappa shape index (κ2) is 7.12. The number of hydrogen-bond acceptors (Lipinski definition) is 5. The van der Waals surface area contributed by atoms with Crippen molar-refractivity contribution in [2.24, 2.45) is 0 Å². The van der Waals surface area contributed by atoms with Crippen LogP contribution in [0.5, 0.6) is 0 Å². The lowest BCUT2D eigenvalue weighted by Gasteiger charge is -2.30. The molecule has 2 aliphatic rings. The topological polar surface area (TPSA) is 76.0 Å². The number of piperidine rings is 1. The average Bonchev–Trinajstić information content (AvgIpc) is 2.80. The Morgan fingerprint density at radius 3 is 2.96 bits per heavy atom. The molecule has 1 saturated heterocycles. The summed E-state index contributed by atoms with van der Waals surface area (Å²) in [5, 5.41) is 7.19. The highest BCUT2D eigenvalue weighted by Gasteiger charge is 2.26. The van der Waals surface area contributed by atoms with E-state index in [1.54, 1.807) is 0 Å². The number of nitrogens with zero attached hydrogens (tertiary/aromatic N) is 2. The predicted octanol–water partition coefficient (Wildman–Crippen LogP) is 2.36. The maximum Gasteiger partial charge on any atom is 0.262 e. The molecule has 1 fully saturated rings. The van der Waals surface area contributed by atoms with Crippen LogP contribution < -0.4 is 16.2 Å². The molecule has 0 aromatic carbocycles. The van der Waals surface area contributed by atoms with Crippen LogP contribution in [0.25, 0.3) is 10.2 Å². The van der Waals surface area contributed by atoms with Crippen molar-refractivity contribution in [3.05, 3.63) is 26.6 Å². The quantitative estimate of drug-likeness (QED) is 0.846. The van der Waals surface area contributed by atoms with Gasteiger partial charge in [-0.15, -0.1) is 11.3 Å². The Balaban J connectivity index is 1.70. The normalized spacial score (nSPS) is 23.5. The van der Waals surface area contributed by atoms with Crippen LogP contribution in [-0.2, 0) is 13.0 Å². The second-order valence-corrected chi connectivity index (χ2v) is 8.50. The number of hydrogen-bond donors (Lipinski definition) is 2. The Morgan fingerprint density at radius 2 is 2.15 bits per heavy atom. The molecule has 6 nitrogen and oxygen atoms in total. The molecular formula is C19H26N4O2S. The fraction of sp³-hybridized carbons (Fsp3) is 0.632. The first-order valence-corrected chi connectivity index (χ1v) is 10.4. The smallest absolute Gasteiger partial charge is 0.262 e. The van der Waals surface area contributed by atoms with E-state index in [0.717, 1.165) is 63.0 Å². The summed E-state index contributed by atoms with van der Waals surface area (Å²) in [6.07, 6.45) is 6.12. The first kappa shape index (κ1) is 17.7. The Bertz CT molecular complexity index is 901. The summed E-state index contributed by atoms with van der Waals surface area (Å²) in [7, 11) is 0. The molecule has 4 heterocycles. The summed E-state index contributed by atoms with van der Waals surface area (Å²) >= 11 is 1.36. The number of rotatable bonds is 2. The van der Waals surface area contributed by atoms with Gasteiger partial charge in [-0.3, -0.25) is 14.2 Å². The first-order chi connectivity index (χ1) is 12.6. The fourth-order valence-electron chi connectivity index (χ4n) is 4.10. The second-order valence-electron chi connectivity index (χ2n) is 7.50. The van der Waals surface area contributed by atoms with Gasteiger partial charge in [0.05, 0.1) is 10.3 Å². The third kappa shape index (κ3) is 3.07. The van der Waals surface area contributed by atoms with Gasteiger partial charge < -0.3 is 10.6 Å². The molecule has 7 heteroatoms. The van der Waals surface area contributed by atoms with Gasteiger partial charge in [0.15, 0.2) is 0 Å². The molecule has 140 valence electrons. The zero-order chi connectivity index (χ0) is 18.3. The van der Waals surface area contributed by atoms with Crippen LogP contribution in [0.2, 0.25) is 0 Å². The van der Waals surface area contributed by atoms with Crippen LogP contribution >= 0.6 is 11.3 Å². The molecule has 2 aliphatic heterocycles. The Morgan fingerprint density at radius 1 is 1.31 bits per heavy atom. The van der Waals surface area contributed by atoms with Crippen LogP contribution in [0.1, 0.15) is 60.1 Å². The molecule has 0 saturated carbocycles. The van der Waals surface area contributed by atoms with E-state index >= 15 is 0 Å². The monoisotopic (exact) mass is 374 g/mol. The molecule has 0 bridgehead atoms. The lowest BCUT2D eigenvalue weighted by atomic mass is 10.00. The average molecular weight is 375 g/mol. The summed E-state index contributed by atoms with van der Waals surface area (Å²) < 4.78 is 1.82. The largest absolute Gasteiger partial charge is 0.347 e. The molecule has 0 spiro atoms. The number of thiophene rings is 1. The van der Waals surface area contributed by atoms with Crippen LogP contribution in [-0.4, -0.2) is 34.1 Å². The van der Waals surface area contributed by atoms with E-state index in [4.69, 9.17) is 4.98 Å². The Kier molecular flexibility index (Phi) is 4.84. The zero-order valence-electron chi connectivity index (χ0n) is 15.4. The number of fused-ring (bicyclic) bond motifs is 2. The number of amides is 1. The highest BCUT2D eigenvalue weighted by molar-refractivity contribution is 7.20. The standard InChI is InChI=1S/C19H26N4O2S/c1-11-15-18(22-14-8-4-3-5-10-23(14)19(15)25)26-16(11)17(24)21-13-7-6-9-20-12(13)2/h12-13,20H,3-10H2,1-2H3,(H,21,24).